The molecule has 6 heteroatoms. The monoisotopic (exact) mass is 359 g/mol. The predicted molar refractivity (Wildman–Crippen MR) is 81.9 cm³/mol. The fraction of sp³-hybridized carbons (Fsp3) is 0.467. The van der Waals surface area contributed by atoms with Crippen LogP contribution in [0, 0.1) is 5.82 Å². The average Bonchev–Trinajstić information content (AvgIpc) is 2.32. The maximum atomic E-state index is 13.6. The minimum absolute atomic E-state index is 0.0652. The van der Waals surface area contributed by atoms with Gasteiger partial charge >= 0.3 is 6.09 Å². The maximum absolute atomic E-state index is 13.6. The molecule has 0 saturated heterocycles. The van der Waals surface area contributed by atoms with E-state index in [4.69, 9.17) is 4.74 Å². The quantitative estimate of drug-likeness (QED) is 0.636. The van der Waals surface area contributed by atoms with Crippen LogP contribution >= 0.6 is 15.9 Å². The smallest absolute Gasteiger partial charge is 0.407 e. The Morgan fingerprint density at radius 1 is 1.33 bits per heavy atom. The molecule has 0 aromatic heterocycles. The van der Waals surface area contributed by atoms with Crippen LogP contribution in [0.1, 0.15) is 44.0 Å². The lowest BCUT2D eigenvalue weighted by molar-refractivity contribution is 0.0525. The van der Waals surface area contributed by atoms with Crippen molar-refractivity contribution in [1.82, 2.24) is 5.32 Å². The number of benzene rings is 1. The van der Waals surface area contributed by atoms with Crippen LogP contribution < -0.4 is 5.32 Å². The highest BCUT2D eigenvalue weighted by Crippen LogP contribution is 2.17. The van der Waals surface area contributed by atoms with Crippen molar-refractivity contribution < 1.29 is 18.7 Å². The van der Waals surface area contributed by atoms with E-state index in [1.807, 2.05) is 0 Å². The van der Waals surface area contributed by atoms with Gasteiger partial charge in [-0.15, -0.1) is 0 Å². The summed E-state index contributed by atoms with van der Waals surface area (Å²) in [6, 6.07) is 4.32. The second kappa shape index (κ2) is 7.54. The summed E-state index contributed by atoms with van der Waals surface area (Å²) in [5.41, 5.74) is -0.490. The van der Waals surface area contributed by atoms with E-state index in [1.165, 1.54) is 12.1 Å². The molecule has 0 aliphatic heterocycles. The normalized spacial score (nSPS) is 11.1. The first-order chi connectivity index (χ1) is 9.69. The Labute approximate surface area is 132 Å². The molecule has 0 fully saturated rings. The molecule has 21 heavy (non-hydrogen) atoms. The van der Waals surface area contributed by atoms with Crippen LogP contribution in [-0.2, 0) is 4.74 Å². The first-order valence-electron chi connectivity index (χ1n) is 6.64. The molecule has 1 N–H and O–H groups in total. The summed E-state index contributed by atoms with van der Waals surface area (Å²) in [7, 11) is 0. The highest BCUT2D eigenvalue weighted by molar-refractivity contribution is 9.10. The average molecular weight is 360 g/mol. The number of rotatable bonds is 5. The SMILES string of the molecule is CC(C)(C)OC(=O)NCCCC(=O)c1ccc(Br)cc1F. The van der Waals surface area contributed by atoms with E-state index >= 15 is 0 Å². The Bertz CT molecular complexity index is 526. The number of carbonyl (C=O) groups excluding carboxylic acids is 2. The van der Waals surface area contributed by atoms with Crippen LogP contribution in [0.25, 0.3) is 0 Å². The molecular formula is C15H19BrFNO3. The Hall–Kier alpha value is -1.43. The number of Topliss-reactive ketones (excluding diaryl/α,β-unsaturated/α-hetero) is 1. The van der Waals surface area contributed by atoms with E-state index in [1.54, 1.807) is 26.8 Å². The zero-order chi connectivity index (χ0) is 16.0. The van der Waals surface area contributed by atoms with Crippen molar-refractivity contribution in [2.24, 2.45) is 0 Å². The Kier molecular flexibility index (Phi) is 6.33. The summed E-state index contributed by atoms with van der Waals surface area (Å²) in [6.07, 6.45) is 0.0619. The molecule has 0 aliphatic carbocycles. The van der Waals surface area contributed by atoms with E-state index in [0.717, 1.165) is 0 Å². The van der Waals surface area contributed by atoms with Crippen molar-refractivity contribution in [3.8, 4) is 0 Å². The predicted octanol–water partition coefficient (Wildman–Crippen LogP) is 4.08. The number of hydrogen-bond acceptors (Lipinski definition) is 3. The second-order valence-electron chi connectivity index (χ2n) is 5.58. The fourth-order valence-electron chi connectivity index (χ4n) is 1.60. The zero-order valence-corrected chi connectivity index (χ0v) is 13.9. The number of amides is 1. The highest BCUT2D eigenvalue weighted by atomic mass is 79.9. The molecule has 1 aromatic rings. The van der Waals surface area contributed by atoms with Gasteiger partial charge in [-0.05, 0) is 45.4 Å². The molecule has 116 valence electrons. The molecular weight excluding hydrogens is 341 g/mol. The van der Waals surface area contributed by atoms with Crippen LogP contribution in [0.15, 0.2) is 22.7 Å². The number of alkyl carbamates (subject to hydrolysis) is 1. The standard InChI is InChI=1S/C15H19BrFNO3/c1-15(2,3)21-14(20)18-8-4-5-13(19)11-7-6-10(16)9-12(11)17/h6-7,9H,4-5,8H2,1-3H3,(H,18,20). The van der Waals surface area contributed by atoms with Crippen LogP contribution in [0.3, 0.4) is 0 Å². The molecule has 0 spiro atoms. The topological polar surface area (TPSA) is 55.4 Å². The van der Waals surface area contributed by atoms with Crippen LogP contribution in [0.2, 0.25) is 0 Å². The lowest BCUT2D eigenvalue weighted by atomic mass is 10.1. The van der Waals surface area contributed by atoms with Crippen LogP contribution in [0.5, 0.6) is 0 Å². The fourth-order valence-corrected chi connectivity index (χ4v) is 1.94. The van der Waals surface area contributed by atoms with Gasteiger partial charge in [0.2, 0.25) is 0 Å². The summed E-state index contributed by atoms with van der Waals surface area (Å²) in [6.45, 7) is 5.62. The van der Waals surface area contributed by atoms with Crippen molar-refractivity contribution in [1.29, 1.82) is 0 Å². The van der Waals surface area contributed by atoms with Gasteiger partial charge in [0.15, 0.2) is 5.78 Å². The van der Waals surface area contributed by atoms with E-state index in [2.05, 4.69) is 21.2 Å². The van der Waals surface area contributed by atoms with E-state index in [-0.39, 0.29) is 17.8 Å². The lowest BCUT2D eigenvalue weighted by Crippen LogP contribution is -2.33. The van der Waals surface area contributed by atoms with Gasteiger partial charge < -0.3 is 10.1 Å². The first-order valence-corrected chi connectivity index (χ1v) is 7.43. The molecule has 0 aliphatic rings. The van der Waals surface area contributed by atoms with Crippen molar-refractivity contribution in [3.63, 3.8) is 0 Å². The summed E-state index contributed by atoms with van der Waals surface area (Å²) < 4.78 is 19.2. The van der Waals surface area contributed by atoms with Crippen LogP contribution in [-0.4, -0.2) is 24.0 Å². The third-order valence-electron chi connectivity index (χ3n) is 2.48. The molecule has 0 radical (unpaired) electrons. The van der Waals surface area contributed by atoms with E-state index in [0.29, 0.717) is 17.4 Å². The summed E-state index contributed by atoms with van der Waals surface area (Å²) >= 11 is 3.14. The number of hydrogen-bond donors (Lipinski definition) is 1. The number of ether oxygens (including phenoxy) is 1. The molecule has 4 nitrogen and oxygen atoms in total. The molecule has 1 amide bonds. The summed E-state index contributed by atoms with van der Waals surface area (Å²) in [5.74, 6) is -0.833. The zero-order valence-electron chi connectivity index (χ0n) is 12.3. The Morgan fingerprint density at radius 3 is 2.57 bits per heavy atom. The molecule has 0 heterocycles. The molecule has 0 saturated carbocycles. The number of carbonyl (C=O) groups is 2. The van der Waals surface area contributed by atoms with Crippen molar-refractivity contribution in [3.05, 3.63) is 34.1 Å². The minimum Gasteiger partial charge on any atom is -0.444 e. The molecule has 0 bridgehead atoms. The second-order valence-corrected chi connectivity index (χ2v) is 6.50. The van der Waals surface area contributed by atoms with Crippen molar-refractivity contribution in [2.45, 2.75) is 39.2 Å². The van der Waals surface area contributed by atoms with Gasteiger partial charge in [-0.3, -0.25) is 4.79 Å². The van der Waals surface area contributed by atoms with Gasteiger partial charge in [0.1, 0.15) is 11.4 Å². The Balaban J connectivity index is 2.36. The molecule has 0 unspecified atom stereocenters. The van der Waals surface area contributed by atoms with E-state index < -0.39 is 17.5 Å². The first kappa shape index (κ1) is 17.6. The Morgan fingerprint density at radius 2 is 2.00 bits per heavy atom. The maximum Gasteiger partial charge on any atom is 0.407 e. The minimum atomic E-state index is -0.555. The largest absolute Gasteiger partial charge is 0.444 e. The van der Waals surface area contributed by atoms with Crippen molar-refractivity contribution in [2.75, 3.05) is 6.54 Å². The van der Waals surface area contributed by atoms with Gasteiger partial charge in [0.25, 0.3) is 0 Å². The van der Waals surface area contributed by atoms with Crippen LogP contribution in [0.4, 0.5) is 9.18 Å². The highest BCUT2D eigenvalue weighted by Gasteiger charge is 2.16. The van der Waals surface area contributed by atoms with Gasteiger partial charge in [-0.25, -0.2) is 9.18 Å². The van der Waals surface area contributed by atoms with Gasteiger partial charge in [-0.2, -0.15) is 0 Å². The van der Waals surface area contributed by atoms with Gasteiger partial charge in [0.05, 0.1) is 5.56 Å². The van der Waals surface area contributed by atoms with Gasteiger partial charge in [0, 0.05) is 17.4 Å². The lowest BCUT2D eigenvalue weighted by Gasteiger charge is -2.19. The van der Waals surface area contributed by atoms with Gasteiger partial charge in [-0.1, -0.05) is 15.9 Å². The summed E-state index contributed by atoms with van der Waals surface area (Å²) in [4.78, 5) is 23.2. The third kappa shape index (κ3) is 6.71. The molecule has 0 atom stereocenters. The van der Waals surface area contributed by atoms with Crippen molar-refractivity contribution >= 4 is 27.8 Å². The number of halogens is 2. The number of ketones is 1. The summed E-state index contributed by atoms with van der Waals surface area (Å²) in [5, 5.41) is 2.56. The van der Waals surface area contributed by atoms with E-state index in [9.17, 15) is 14.0 Å². The number of nitrogens with one attached hydrogen (secondary N) is 1. The molecule has 1 rings (SSSR count). The third-order valence-corrected chi connectivity index (χ3v) is 2.97. The molecule has 1 aromatic carbocycles.